The van der Waals surface area contributed by atoms with Crippen LogP contribution in [0.25, 0.3) is 0 Å². The van der Waals surface area contributed by atoms with Crippen LogP contribution in [0.2, 0.25) is 0 Å². The summed E-state index contributed by atoms with van der Waals surface area (Å²) in [6.07, 6.45) is 1.24. The lowest BCUT2D eigenvalue weighted by Crippen LogP contribution is -1.98. The molecule has 0 aromatic rings. The quantitative estimate of drug-likeness (QED) is 0.392. The molecule has 3 nitrogen and oxygen atoms in total. The number of nitro groups is 1. The molecule has 0 aliphatic heterocycles. The van der Waals surface area contributed by atoms with E-state index in [0.717, 1.165) is 0 Å². The van der Waals surface area contributed by atoms with Crippen LogP contribution >= 0.6 is 0 Å². The molecule has 0 rings (SSSR count). The van der Waals surface area contributed by atoms with E-state index in [0.29, 0.717) is 12.8 Å². The van der Waals surface area contributed by atoms with Gasteiger partial charge in [-0.05, 0) is 6.42 Å². The van der Waals surface area contributed by atoms with Gasteiger partial charge < -0.3 is 0 Å². The predicted octanol–water partition coefficient (Wildman–Crippen LogP) is 0.877. The molecule has 0 unspecified atom stereocenters. The zero-order valence-corrected chi connectivity index (χ0v) is 4.09. The maximum absolute atomic E-state index is 9.54. The second kappa shape index (κ2) is 3.59. The fourth-order valence-electron chi connectivity index (χ4n) is 0.241. The molecule has 3 heteroatoms. The van der Waals surface area contributed by atoms with Crippen LogP contribution in [0.4, 0.5) is 0 Å². The molecule has 0 N–H and O–H groups in total. The van der Waals surface area contributed by atoms with Crippen molar-refractivity contribution in [3.05, 3.63) is 17.0 Å². The molecule has 0 saturated heterocycles. The van der Waals surface area contributed by atoms with Gasteiger partial charge in [0.05, 0.1) is 0 Å². The maximum atomic E-state index is 9.54. The van der Waals surface area contributed by atoms with Crippen molar-refractivity contribution in [1.82, 2.24) is 0 Å². The molecule has 0 aromatic carbocycles. The highest BCUT2D eigenvalue weighted by molar-refractivity contribution is 4.36. The topological polar surface area (TPSA) is 43.1 Å². The summed E-state index contributed by atoms with van der Waals surface area (Å²) in [5.74, 6) is 0. The van der Waals surface area contributed by atoms with Crippen molar-refractivity contribution in [2.24, 2.45) is 0 Å². The fourth-order valence-corrected chi connectivity index (χ4v) is 0.241. The van der Waals surface area contributed by atoms with Crippen molar-refractivity contribution < 1.29 is 4.92 Å². The van der Waals surface area contributed by atoms with Gasteiger partial charge in [0.2, 0.25) is 6.54 Å². The van der Waals surface area contributed by atoms with E-state index < -0.39 is 0 Å². The molecule has 0 atom stereocenters. The molecule has 0 aliphatic carbocycles. The Morgan fingerprint density at radius 3 is 2.43 bits per heavy atom. The van der Waals surface area contributed by atoms with Crippen LogP contribution in [-0.4, -0.2) is 11.5 Å². The number of hydrogen-bond donors (Lipinski definition) is 0. The number of hydrogen-bond acceptors (Lipinski definition) is 2. The average Bonchev–Trinajstić information content (AvgIpc) is 1.61. The first-order valence-corrected chi connectivity index (χ1v) is 2.18. The highest BCUT2D eigenvalue weighted by Gasteiger charge is 1.90. The second-order valence-electron chi connectivity index (χ2n) is 1.26. The standard InChI is InChI=1S/C4H8NO2/c1-2-3-4-5(6)7/h1-4H2. The molecule has 0 fully saturated rings. The van der Waals surface area contributed by atoms with Crippen LogP contribution in [0.5, 0.6) is 0 Å². The third-order valence-corrected chi connectivity index (χ3v) is 0.591. The molecule has 0 bridgehead atoms. The summed E-state index contributed by atoms with van der Waals surface area (Å²) in [5.41, 5.74) is 0. The van der Waals surface area contributed by atoms with Gasteiger partial charge in [-0.25, -0.2) is 0 Å². The third-order valence-electron chi connectivity index (χ3n) is 0.591. The van der Waals surface area contributed by atoms with Gasteiger partial charge in [-0.3, -0.25) is 10.1 Å². The first kappa shape index (κ1) is 6.40. The minimum Gasteiger partial charge on any atom is -0.265 e. The van der Waals surface area contributed by atoms with E-state index >= 15 is 0 Å². The monoisotopic (exact) mass is 102 g/mol. The molecule has 0 aliphatic rings. The lowest BCUT2D eigenvalue weighted by Gasteiger charge is -1.84. The Kier molecular flexibility index (Phi) is 3.28. The SMILES string of the molecule is [CH2]CCC[N+](=O)[O-]. The minimum atomic E-state index is -0.328. The largest absolute Gasteiger partial charge is 0.265 e. The zero-order chi connectivity index (χ0) is 5.70. The third kappa shape index (κ3) is 5.40. The predicted molar refractivity (Wildman–Crippen MR) is 26.5 cm³/mol. The first-order chi connectivity index (χ1) is 3.27. The van der Waals surface area contributed by atoms with E-state index in [1.807, 2.05) is 0 Å². The van der Waals surface area contributed by atoms with Crippen LogP contribution in [0.1, 0.15) is 12.8 Å². The average molecular weight is 102 g/mol. The highest BCUT2D eigenvalue weighted by atomic mass is 16.6. The van der Waals surface area contributed by atoms with Crippen LogP contribution in [0, 0.1) is 17.0 Å². The molecule has 1 radical (unpaired) electrons. The van der Waals surface area contributed by atoms with E-state index in [1.165, 1.54) is 0 Å². The van der Waals surface area contributed by atoms with Gasteiger partial charge in [-0.2, -0.15) is 0 Å². The van der Waals surface area contributed by atoms with E-state index in [9.17, 15) is 10.1 Å². The molecule has 41 valence electrons. The number of unbranched alkanes of at least 4 members (excludes halogenated alkanes) is 1. The Balaban J connectivity index is 2.82. The van der Waals surface area contributed by atoms with Crippen LogP contribution in [0.15, 0.2) is 0 Å². The molecule has 0 aromatic heterocycles. The summed E-state index contributed by atoms with van der Waals surface area (Å²) in [4.78, 5) is 9.21. The van der Waals surface area contributed by atoms with Crippen LogP contribution < -0.4 is 0 Å². The maximum Gasteiger partial charge on any atom is 0.203 e. The van der Waals surface area contributed by atoms with E-state index in [4.69, 9.17) is 0 Å². The Bertz CT molecular complexity index is 62.7. The van der Waals surface area contributed by atoms with Gasteiger partial charge in [0.1, 0.15) is 0 Å². The Labute approximate surface area is 42.5 Å². The van der Waals surface area contributed by atoms with Crippen molar-refractivity contribution in [3.63, 3.8) is 0 Å². The minimum absolute atomic E-state index is 0.0590. The number of nitrogens with zero attached hydrogens (tertiary/aromatic N) is 1. The zero-order valence-electron chi connectivity index (χ0n) is 4.09. The second-order valence-corrected chi connectivity index (χ2v) is 1.26. The molecule has 0 spiro atoms. The fraction of sp³-hybridized carbons (Fsp3) is 0.750. The highest BCUT2D eigenvalue weighted by Crippen LogP contribution is 1.83. The molecular weight excluding hydrogens is 94.0 g/mol. The number of rotatable bonds is 3. The Morgan fingerprint density at radius 1 is 1.71 bits per heavy atom. The van der Waals surface area contributed by atoms with Crippen molar-refractivity contribution >= 4 is 0 Å². The van der Waals surface area contributed by atoms with Gasteiger partial charge in [0.15, 0.2) is 0 Å². The van der Waals surface area contributed by atoms with Gasteiger partial charge in [-0.1, -0.05) is 6.92 Å². The summed E-state index contributed by atoms with van der Waals surface area (Å²) >= 11 is 0. The summed E-state index contributed by atoms with van der Waals surface area (Å²) in [6, 6.07) is 0. The van der Waals surface area contributed by atoms with E-state index in [1.54, 1.807) is 0 Å². The van der Waals surface area contributed by atoms with Gasteiger partial charge in [0, 0.05) is 11.3 Å². The molecule has 0 amide bonds. The summed E-state index contributed by atoms with van der Waals surface area (Å²) in [5, 5.41) is 9.54. The Morgan fingerprint density at radius 2 is 2.29 bits per heavy atom. The van der Waals surface area contributed by atoms with E-state index in [-0.39, 0.29) is 11.5 Å². The van der Waals surface area contributed by atoms with E-state index in [2.05, 4.69) is 6.92 Å². The van der Waals surface area contributed by atoms with Gasteiger partial charge in [-0.15, -0.1) is 0 Å². The van der Waals surface area contributed by atoms with Crippen molar-refractivity contribution in [2.45, 2.75) is 12.8 Å². The van der Waals surface area contributed by atoms with Crippen molar-refractivity contribution in [3.8, 4) is 0 Å². The Hall–Kier alpha value is -0.600. The van der Waals surface area contributed by atoms with Crippen LogP contribution in [0.3, 0.4) is 0 Å². The van der Waals surface area contributed by atoms with Gasteiger partial charge >= 0.3 is 0 Å². The first-order valence-electron chi connectivity index (χ1n) is 2.18. The van der Waals surface area contributed by atoms with Crippen LogP contribution in [-0.2, 0) is 0 Å². The van der Waals surface area contributed by atoms with Gasteiger partial charge in [0.25, 0.3) is 0 Å². The summed E-state index contributed by atoms with van der Waals surface area (Å²) < 4.78 is 0. The smallest absolute Gasteiger partial charge is 0.203 e. The summed E-state index contributed by atoms with van der Waals surface area (Å²) in [6.45, 7) is 3.51. The lowest BCUT2D eigenvalue weighted by molar-refractivity contribution is -0.480. The summed E-state index contributed by atoms with van der Waals surface area (Å²) in [7, 11) is 0. The molecule has 0 heterocycles. The molecule has 0 saturated carbocycles. The normalized spacial score (nSPS) is 8.71. The van der Waals surface area contributed by atoms with Crippen molar-refractivity contribution in [1.29, 1.82) is 0 Å². The molecule has 7 heavy (non-hydrogen) atoms. The lowest BCUT2D eigenvalue weighted by atomic mass is 10.3. The molecular formula is C4H8NO2. The van der Waals surface area contributed by atoms with Crippen molar-refractivity contribution in [2.75, 3.05) is 6.54 Å².